The molecule has 178 valence electrons. The summed E-state index contributed by atoms with van der Waals surface area (Å²) >= 11 is 6.58. The topological polar surface area (TPSA) is 71.0 Å². The van der Waals surface area contributed by atoms with E-state index in [0.29, 0.717) is 43.3 Å². The molecule has 1 aliphatic carbocycles. The largest absolute Gasteiger partial charge is 0.487 e. The van der Waals surface area contributed by atoms with Crippen molar-refractivity contribution in [2.24, 2.45) is 0 Å². The van der Waals surface area contributed by atoms with Gasteiger partial charge in [-0.2, -0.15) is 0 Å². The average molecular weight is 473 g/mol. The van der Waals surface area contributed by atoms with Crippen LogP contribution in [0.15, 0.2) is 48.5 Å². The molecule has 6 nitrogen and oxygen atoms in total. The Balaban J connectivity index is 1.48. The predicted octanol–water partition coefficient (Wildman–Crippen LogP) is 4.74. The molecule has 1 saturated carbocycles. The van der Waals surface area contributed by atoms with Crippen LogP contribution in [0.25, 0.3) is 0 Å². The molecule has 0 aromatic heterocycles. The number of nitrogens with zero attached hydrogens (tertiary/aromatic N) is 1. The second-order valence-corrected chi connectivity index (χ2v) is 9.40. The van der Waals surface area contributed by atoms with E-state index in [0.717, 1.165) is 43.5 Å². The zero-order valence-corrected chi connectivity index (χ0v) is 19.7. The third-order valence-corrected chi connectivity index (χ3v) is 7.01. The van der Waals surface area contributed by atoms with Crippen molar-refractivity contribution in [2.75, 3.05) is 32.8 Å². The first-order valence-corrected chi connectivity index (χ1v) is 12.2. The van der Waals surface area contributed by atoms with Gasteiger partial charge in [-0.1, -0.05) is 67.3 Å². The summed E-state index contributed by atoms with van der Waals surface area (Å²) in [5, 5.41) is 15.3. The number of carbonyl (C=O) groups excluding carboxylic acids is 1. The molecule has 1 saturated heterocycles. The van der Waals surface area contributed by atoms with Crippen molar-refractivity contribution in [3.8, 4) is 5.75 Å². The van der Waals surface area contributed by atoms with Gasteiger partial charge in [0.25, 0.3) is 0 Å². The minimum atomic E-state index is -0.919. The highest BCUT2D eigenvalue weighted by Crippen LogP contribution is 2.42. The van der Waals surface area contributed by atoms with Gasteiger partial charge in [0.15, 0.2) is 0 Å². The van der Waals surface area contributed by atoms with E-state index < -0.39 is 5.60 Å². The van der Waals surface area contributed by atoms with E-state index in [2.05, 4.69) is 5.32 Å². The number of aliphatic hydroxyl groups is 1. The number of ether oxygens (including phenoxy) is 2. The number of halogens is 1. The number of carbonyl (C=O) groups is 1. The molecule has 7 heteroatoms. The molecule has 4 rings (SSSR count). The fourth-order valence-electron chi connectivity index (χ4n) is 4.75. The molecule has 1 aliphatic heterocycles. The summed E-state index contributed by atoms with van der Waals surface area (Å²) in [5.74, 6) is 0.252. The van der Waals surface area contributed by atoms with Gasteiger partial charge >= 0.3 is 6.09 Å². The molecule has 1 unspecified atom stereocenters. The van der Waals surface area contributed by atoms with Crippen LogP contribution in [0, 0.1) is 0 Å². The van der Waals surface area contributed by atoms with Crippen molar-refractivity contribution in [3.63, 3.8) is 0 Å². The number of piperazine rings is 1. The summed E-state index contributed by atoms with van der Waals surface area (Å²) in [7, 11) is 0. The summed E-state index contributed by atoms with van der Waals surface area (Å²) in [6.45, 7) is 3.35. The zero-order chi connectivity index (χ0) is 23.1. The van der Waals surface area contributed by atoms with E-state index in [1.807, 2.05) is 48.5 Å². The maximum absolute atomic E-state index is 12.6. The van der Waals surface area contributed by atoms with Gasteiger partial charge in [0, 0.05) is 32.1 Å². The molecule has 2 N–H and O–H groups in total. The fourth-order valence-corrected chi connectivity index (χ4v) is 5.00. The second kappa shape index (κ2) is 11.2. The molecular formula is C26H33ClN2O4. The van der Waals surface area contributed by atoms with E-state index >= 15 is 0 Å². The minimum absolute atomic E-state index is 0.125. The lowest BCUT2D eigenvalue weighted by atomic mass is 9.73. The lowest BCUT2D eigenvalue weighted by Gasteiger charge is -2.39. The SMILES string of the molecule is O=C(OCC(c1ccc(OCc2ccccc2)c(Cl)c1)C1(O)CCCCC1)N1CCNCC1. The molecule has 2 aromatic carbocycles. The third-order valence-electron chi connectivity index (χ3n) is 6.71. The van der Waals surface area contributed by atoms with E-state index in [9.17, 15) is 9.90 Å². The van der Waals surface area contributed by atoms with Gasteiger partial charge in [-0.3, -0.25) is 0 Å². The summed E-state index contributed by atoms with van der Waals surface area (Å²) in [4.78, 5) is 14.3. The molecule has 2 fully saturated rings. The normalized spacial score (nSPS) is 19.0. The first kappa shape index (κ1) is 23.9. The summed E-state index contributed by atoms with van der Waals surface area (Å²) in [6.07, 6.45) is 4.09. The number of amides is 1. The van der Waals surface area contributed by atoms with Crippen molar-refractivity contribution in [1.29, 1.82) is 0 Å². The number of nitrogens with one attached hydrogen (secondary N) is 1. The smallest absolute Gasteiger partial charge is 0.409 e. The van der Waals surface area contributed by atoms with Gasteiger partial charge in [-0.25, -0.2) is 4.79 Å². The standard InChI is InChI=1S/C26H33ClN2O4/c27-23-17-21(9-10-24(23)32-18-20-7-3-1-4-8-20)22(26(31)11-5-2-6-12-26)19-33-25(30)29-15-13-28-14-16-29/h1,3-4,7-10,17,22,28,31H,2,5-6,11-16,18-19H2. The molecule has 1 heterocycles. The molecule has 33 heavy (non-hydrogen) atoms. The first-order valence-electron chi connectivity index (χ1n) is 11.9. The summed E-state index contributed by atoms with van der Waals surface area (Å²) in [6, 6.07) is 15.5. The van der Waals surface area contributed by atoms with Gasteiger partial charge in [0.2, 0.25) is 0 Å². The van der Waals surface area contributed by atoms with Gasteiger partial charge < -0.3 is 24.8 Å². The fraction of sp³-hybridized carbons (Fsp3) is 0.500. The van der Waals surface area contributed by atoms with Gasteiger partial charge in [-0.15, -0.1) is 0 Å². The lowest BCUT2D eigenvalue weighted by Crippen LogP contribution is -2.47. The van der Waals surface area contributed by atoms with Gasteiger partial charge in [0.1, 0.15) is 19.0 Å². The molecule has 2 aromatic rings. The van der Waals surface area contributed by atoms with E-state index in [4.69, 9.17) is 21.1 Å². The van der Waals surface area contributed by atoms with Crippen LogP contribution in [0.4, 0.5) is 4.79 Å². The van der Waals surface area contributed by atoms with E-state index in [1.54, 1.807) is 4.90 Å². The third kappa shape index (κ3) is 6.19. The highest BCUT2D eigenvalue weighted by atomic mass is 35.5. The van der Waals surface area contributed by atoms with Crippen molar-refractivity contribution in [3.05, 3.63) is 64.7 Å². The van der Waals surface area contributed by atoms with Crippen LogP contribution in [-0.4, -0.2) is 54.5 Å². The number of rotatable bonds is 7. The zero-order valence-electron chi connectivity index (χ0n) is 19.0. The molecule has 1 amide bonds. The van der Waals surface area contributed by atoms with Crippen LogP contribution in [0.5, 0.6) is 5.75 Å². The van der Waals surface area contributed by atoms with Crippen LogP contribution >= 0.6 is 11.6 Å². The van der Waals surface area contributed by atoms with Crippen molar-refractivity contribution in [2.45, 2.75) is 50.2 Å². The second-order valence-electron chi connectivity index (χ2n) is 8.99. The van der Waals surface area contributed by atoms with Crippen LogP contribution in [0.2, 0.25) is 5.02 Å². The predicted molar refractivity (Wildman–Crippen MR) is 129 cm³/mol. The Hall–Kier alpha value is -2.28. The number of hydrogen-bond donors (Lipinski definition) is 2. The molecule has 0 radical (unpaired) electrons. The van der Waals surface area contributed by atoms with Crippen molar-refractivity contribution >= 4 is 17.7 Å². The quantitative estimate of drug-likeness (QED) is 0.609. The van der Waals surface area contributed by atoms with Gasteiger partial charge in [-0.05, 0) is 36.1 Å². The Morgan fingerprint density at radius 1 is 1.09 bits per heavy atom. The monoisotopic (exact) mass is 472 g/mol. The first-order chi connectivity index (χ1) is 16.0. The highest BCUT2D eigenvalue weighted by molar-refractivity contribution is 6.32. The van der Waals surface area contributed by atoms with Crippen LogP contribution in [0.3, 0.4) is 0 Å². The maximum atomic E-state index is 12.6. The summed E-state index contributed by atoms with van der Waals surface area (Å²) < 4.78 is 11.6. The van der Waals surface area contributed by atoms with Crippen LogP contribution in [-0.2, 0) is 11.3 Å². The number of hydrogen-bond acceptors (Lipinski definition) is 5. The lowest BCUT2D eigenvalue weighted by molar-refractivity contribution is -0.0409. The van der Waals surface area contributed by atoms with Gasteiger partial charge in [0.05, 0.1) is 10.6 Å². The van der Waals surface area contributed by atoms with Crippen molar-refractivity contribution < 1.29 is 19.4 Å². The highest BCUT2D eigenvalue weighted by Gasteiger charge is 2.40. The van der Waals surface area contributed by atoms with Crippen LogP contribution < -0.4 is 10.1 Å². The maximum Gasteiger partial charge on any atom is 0.409 e. The van der Waals surface area contributed by atoms with Crippen LogP contribution in [0.1, 0.15) is 49.1 Å². The Morgan fingerprint density at radius 2 is 1.82 bits per heavy atom. The molecule has 1 atom stereocenters. The van der Waals surface area contributed by atoms with Crippen molar-refractivity contribution in [1.82, 2.24) is 10.2 Å². The average Bonchev–Trinajstić information content (AvgIpc) is 2.85. The Morgan fingerprint density at radius 3 is 2.52 bits per heavy atom. The molecular weight excluding hydrogens is 440 g/mol. The summed E-state index contributed by atoms with van der Waals surface area (Å²) in [5.41, 5.74) is 1.01. The van der Waals surface area contributed by atoms with E-state index in [-0.39, 0.29) is 18.6 Å². The Bertz CT molecular complexity index is 912. The number of benzene rings is 2. The molecule has 0 bridgehead atoms. The molecule has 0 spiro atoms. The molecule has 2 aliphatic rings. The van der Waals surface area contributed by atoms with E-state index in [1.165, 1.54) is 0 Å². The Labute approximate surface area is 200 Å². The minimum Gasteiger partial charge on any atom is -0.487 e. The Kier molecular flexibility index (Phi) is 8.12.